The van der Waals surface area contributed by atoms with Crippen LogP contribution in [0, 0.1) is 12.8 Å². The molecule has 1 aliphatic rings. The highest BCUT2D eigenvalue weighted by Gasteiger charge is 2.46. The van der Waals surface area contributed by atoms with Crippen molar-refractivity contribution in [1.29, 1.82) is 0 Å². The maximum atomic E-state index is 13.5. The number of ketones is 2. The van der Waals surface area contributed by atoms with Crippen molar-refractivity contribution in [3.63, 3.8) is 0 Å². The van der Waals surface area contributed by atoms with Gasteiger partial charge in [0.25, 0.3) is 5.91 Å². The Bertz CT molecular complexity index is 1050. The average molecular weight is 518 g/mol. The van der Waals surface area contributed by atoms with Crippen LogP contribution in [-0.2, 0) is 33.4 Å². The first-order valence-electron chi connectivity index (χ1n) is 12.2. The molecule has 1 aromatic carbocycles. The Morgan fingerprint density at radius 3 is 2.46 bits per heavy atom. The van der Waals surface area contributed by atoms with Gasteiger partial charge in [-0.2, -0.15) is 0 Å². The van der Waals surface area contributed by atoms with E-state index < -0.39 is 42.0 Å². The number of hydrogen-bond donors (Lipinski definition) is 1. The molecule has 37 heavy (non-hydrogen) atoms. The maximum Gasteiger partial charge on any atom is 0.417 e. The molecule has 10 nitrogen and oxygen atoms in total. The highest BCUT2D eigenvalue weighted by Crippen LogP contribution is 2.25. The lowest BCUT2D eigenvalue weighted by Gasteiger charge is -2.29. The van der Waals surface area contributed by atoms with Crippen LogP contribution in [0.4, 0.5) is 4.79 Å². The number of ether oxygens (including phenoxy) is 3. The first-order valence-corrected chi connectivity index (χ1v) is 12.2. The minimum absolute atomic E-state index is 0.00932. The quantitative estimate of drug-likeness (QED) is 0.238. The van der Waals surface area contributed by atoms with Gasteiger partial charge >= 0.3 is 12.1 Å². The first-order chi connectivity index (χ1) is 17.5. The number of carbonyl (C=O) groups excluding carboxylic acids is 5. The van der Waals surface area contributed by atoms with Crippen LogP contribution in [0.25, 0.3) is 5.57 Å². The van der Waals surface area contributed by atoms with E-state index in [0.717, 1.165) is 30.6 Å². The van der Waals surface area contributed by atoms with Crippen LogP contribution in [0.1, 0.15) is 51.2 Å². The number of Topliss-reactive ketones (excluding diaryl/α,β-unsaturated/α-hetero) is 1. The van der Waals surface area contributed by atoms with Crippen LogP contribution in [0.2, 0.25) is 0 Å². The molecule has 0 bridgehead atoms. The fourth-order valence-electron chi connectivity index (χ4n) is 4.01. The number of cyclic esters (lactones) is 1. The van der Waals surface area contributed by atoms with Crippen molar-refractivity contribution in [3.8, 4) is 0 Å². The second-order valence-electron chi connectivity index (χ2n) is 9.22. The molecule has 0 spiro atoms. The zero-order chi connectivity index (χ0) is 27.7. The van der Waals surface area contributed by atoms with E-state index in [1.165, 1.54) is 0 Å². The van der Waals surface area contributed by atoms with Gasteiger partial charge in [0.05, 0.1) is 6.04 Å². The Labute approximate surface area is 216 Å². The molecule has 0 saturated carbocycles. The van der Waals surface area contributed by atoms with Crippen molar-refractivity contribution < 1.29 is 43.3 Å². The zero-order valence-electron chi connectivity index (χ0n) is 21.9. The van der Waals surface area contributed by atoms with Crippen molar-refractivity contribution in [1.82, 2.24) is 4.90 Å². The summed E-state index contributed by atoms with van der Waals surface area (Å²) >= 11 is 0. The molecule has 202 valence electrons. The summed E-state index contributed by atoms with van der Waals surface area (Å²) in [7, 11) is 1.16. The summed E-state index contributed by atoms with van der Waals surface area (Å²) in [5.74, 6) is -3.08. The van der Waals surface area contributed by atoms with Crippen LogP contribution in [-0.4, -0.2) is 78.1 Å². The number of hydrogen-bond acceptors (Lipinski definition) is 9. The Hall–Kier alpha value is -3.37. The predicted octanol–water partition coefficient (Wildman–Crippen LogP) is 2.63. The topological polar surface area (TPSA) is 137 Å². The molecule has 1 heterocycles. The minimum Gasteiger partial charge on any atom is -0.451 e. The standard InChI is InChI=1S/C27H35NO9/c1-16(2)21-15-36-27(34)28(21)26(33)25(35-5)24(37-18(4)30)23(32)14-20(22(31)11-6-7-12-29)19-10-8-9-17(3)13-19/h8-10,13-14,16,21,24-25,29H,6-7,11-12,15H2,1-5H3. The molecule has 3 unspecified atom stereocenters. The number of imide groups is 1. The molecule has 0 aromatic heterocycles. The number of allylic oxidation sites excluding steroid dienone is 1. The Morgan fingerprint density at radius 1 is 1.19 bits per heavy atom. The molecule has 1 aromatic rings. The molecule has 2 rings (SSSR count). The summed E-state index contributed by atoms with van der Waals surface area (Å²) in [6, 6.07) is 6.39. The zero-order valence-corrected chi connectivity index (χ0v) is 21.9. The number of methoxy groups -OCH3 is 1. The number of esters is 1. The molecule has 1 aliphatic heterocycles. The van der Waals surface area contributed by atoms with Crippen LogP contribution in [0.5, 0.6) is 0 Å². The number of carbonyl (C=O) groups is 5. The number of aliphatic hydroxyl groups excluding tert-OH is 1. The van der Waals surface area contributed by atoms with Crippen LogP contribution in [0.15, 0.2) is 30.3 Å². The van der Waals surface area contributed by atoms with Crippen LogP contribution >= 0.6 is 0 Å². The number of nitrogens with zero attached hydrogens (tertiary/aromatic N) is 1. The van der Waals surface area contributed by atoms with Gasteiger partial charge in [0.1, 0.15) is 6.61 Å². The van der Waals surface area contributed by atoms with E-state index in [1.54, 1.807) is 18.2 Å². The second-order valence-corrected chi connectivity index (χ2v) is 9.22. The van der Waals surface area contributed by atoms with Crippen LogP contribution < -0.4 is 0 Å². The third-order valence-corrected chi connectivity index (χ3v) is 5.99. The van der Waals surface area contributed by atoms with E-state index in [9.17, 15) is 24.0 Å². The lowest BCUT2D eigenvalue weighted by Crippen LogP contribution is -2.53. The predicted molar refractivity (Wildman–Crippen MR) is 133 cm³/mol. The normalized spacial score (nSPS) is 17.4. The number of aryl methyl sites for hydroxylation is 1. The molecule has 0 aliphatic carbocycles. The molecule has 3 atom stereocenters. The van der Waals surface area contributed by atoms with E-state index in [1.807, 2.05) is 26.8 Å². The van der Waals surface area contributed by atoms with Gasteiger partial charge in [0.15, 0.2) is 23.8 Å². The number of benzene rings is 1. The number of aliphatic hydroxyl groups is 1. The lowest BCUT2D eigenvalue weighted by atomic mass is 9.94. The largest absolute Gasteiger partial charge is 0.451 e. The van der Waals surface area contributed by atoms with Gasteiger partial charge in [-0.1, -0.05) is 43.7 Å². The first kappa shape index (κ1) is 29.9. The van der Waals surface area contributed by atoms with Gasteiger partial charge in [-0.05, 0) is 37.3 Å². The van der Waals surface area contributed by atoms with E-state index in [-0.39, 0.29) is 36.9 Å². The van der Waals surface area contributed by atoms with Gasteiger partial charge in [-0.15, -0.1) is 0 Å². The number of rotatable bonds is 13. The van der Waals surface area contributed by atoms with Crippen molar-refractivity contribution in [2.45, 2.75) is 65.2 Å². The lowest BCUT2D eigenvalue weighted by molar-refractivity contribution is -0.166. The van der Waals surface area contributed by atoms with Crippen LogP contribution in [0.3, 0.4) is 0 Å². The van der Waals surface area contributed by atoms with Gasteiger partial charge < -0.3 is 19.3 Å². The highest BCUT2D eigenvalue weighted by atomic mass is 16.6. The third kappa shape index (κ3) is 7.80. The minimum atomic E-state index is -1.75. The van der Waals surface area contributed by atoms with E-state index >= 15 is 0 Å². The van der Waals surface area contributed by atoms with Gasteiger partial charge in [-0.25, -0.2) is 9.69 Å². The molecule has 2 amide bonds. The summed E-state index contributed by atoms with van der Waals surface area (Å²) in [4.78, 5) is 65.1. The fourth-order valence-corrected chi connectivity index (χ4v) is 4.01. The SMILES string of the molecule is COC(C(=O)N1C(=O)OCC1C(C)C)C(OC(C)=O)C(=O)C=C(C(=O)CCCCO)c1cccc(C)c1. The second kappa shape index (κ2) is 13.8. The smallest absolute Gasteiger partial charge is 0.417 e. The Kier molecular flexibility index (Phi) is 11.1. The van der Waals surface area contributed by atoms with E-state index in [0.29, 0.717) is 18.4 Å². The molecule has 10 heteroatoms. The van der Waals surface area contributed by atoms with Gasteiger partial charge in [0, 0.05) is 32.6 Å². The average Bonchev–Trinajstić information content (AvgIpc) is 3.23. The summed E-state index contributed by atoms with van der Waals surface area (Å²) in [6.07, 6.45) is -2.33. The molecular formula is C27H35NO9. The van der Waals surface area contributed by atoms with Gasteiger partial charge in [0.2, 0.25) is 0 Å². The summed E-state index contributed by atoms with van der Waals surface area (Å²) in [5.41, 5.74) is 1.41. The number of unbranched alkanes of at least 4 members (excludes halogenated alkanes) is 1. The summed E-state index contributed by atoms with van der Waals surface area (Å²) < 4.78 is 15.5. The summed E-state index contributed by atoms with van der Waals surface area (Å²) in [5, 5.41) is 9.06. The Balaban J connectivity index is 2.49. The van der Waals surface area contributed by atoms with Crippen molar-refractivity contribution >= 4 is 35.1 Å². The third-order valence-electron chi connectivity index (χ3n) is 5.99. The molecular weight excluding hydrogens is 482 g/mol. The molecule has 1 saturated heterocycles. The Morgan fingerprint density at radius 2 is 1.89 bits per heavy atom. The van der Waals surface area contributed by atoms with Crippen molar-refractivity contribution in [2.24, 2.45) is 5.92 Å². The van der Waals surface area contributed by atoms with Gasteiger partial charge in [-0.3, -0.25) is 19.2 Å². The van der Waals surface area contributed by atoms with Crippen molar-refractivity contribution in [2.75, 3.05) is 20.3 Å². The highest BCUT2D eigenvalue weighted by molar-refractivity contribution is 6.25. The monoisotopic (exact) mass is 517 g/mol. The molecule has 0 radical (unpaired) electrons. The molecule has 1 fully saturated rings. The molecule has 1 N–H and O–H groups in total. The number of amides is 2. The fraction of sp³-hybridized carbons (Fsp3) is 0.519. The summed E-state index contributed by atoms with van der Waals surface area (Å²) in [6.45, 7) is 6.44. The van der Waals surface area contributed by atoms with Crippen molar-refractivity contribution in [3.05, 3.63) is 41.5 Å². The maximum absolute atomic E-state index is 13.5. The van der Waals surface area contributed by atoms with E-state index in [4.69, 9.17) is 19.3 Å². The van der Waals surface area contributed by atoms with E-state index in [2.05, 4.69) is 0 Å².